The maximum Gasteiger partial charge on any atom is 0.231 e. The van der Waals surface area contributed by atoms with Crippen molar-refractivity contribution in [2.45, 2.75) is 58.0 Å². The van der Waals surface area contributed by atoms with Crippen LogP contribution in [0.5, 0.6) is 11.5 Å². The van der Waals surface area contributed by atoms with E-state index in [0.717, 1.165) is 50.0 Å². The normalized spacial score (nSPS) is 24.9. The SMILES string of the molecule is COC(C)CC(=O)CC1CCC(CCN2CCN(c3cccc4c3OCO4)CC2)CC1. The smallest absolute Gasteiger partial charge is 0.231 e. The number of piperazine rings is 1. The van der Waals surface area contributed by atoms with E-state index in [9.17, 15) is 4.79 Å². The average molecular weight is 431 g/mol. The van der Waals surface area contributed by atoms with Crippen molar-refractivity contribution in [3.63, 3.8) is 0 Å². The summed E-state index contributed by atoms with van der Waals surface area (Å²) in [6, 6.07) is 6.17. The highest BCUT2D eigenvalue weighted by atomic mass is 16.7. The number of carbonyl (C=O) groups excluding carboxylic acids is 1. The minimum atomic E-state index is 0.0491. The van der Waals surface area contributed by atoms with Gasteiger partial charge in [0.05, 0.1) is 11.8 Å². The molecule has 1 aliphatic carbocycles. The van der Waals surface area contributed by atoms with E-state index >= 15 is 0 Å². The van der Waals surface area contributed by atoms with Gasteiger partial charge in [-0.25, -0.2) is 0 Å². The van der Waals surface area contributed by atoms with Crippen molar-refractivity contribution in [3.8, 4) is 11.5 Å². The standard InChI is InChI=1S/C25H38N2O4/c1-19(29-2)16-22(28)17-21-8-6-20(7-9-21)10-11-26-12-14-27(15-13-26)23-4-3-5-24-25(23)31-18-30-24/h3-5,19-21H,6-18H2,1-2H3. The van der Waals surface area contributed by atoms with Gasteiger partial charge in [-0.2, -0.15) is 0 Å². The Morgan fingerprint density at radius 1 is 1.10 bits per heavy atom. The van der Waals surface area contributed by atoms with Crippen molar-refractivity contribution in [2.24, 2.45) is 11.8 Å². The molecule has 6 heteroatoms. The zero-order valence-corrected chi connectivity index (χ0v) is 19.2. The van der Waals surface area contributed by atoms with Crippen LogP contribution in [0.15, 0.2) is 18.2 Å². The monoisotopic (exact) mass is 430 g/mol. The van der Waals surface area contributed by atoms with Crippen molar-refractivity contribution in [1.29, 1.82) is 0 Å². The summed E-state index contributed by atoms with van der Waals surface area (Å²) in [5.74, 6) is 3.56. The highest BCUT2D eigenvalue weighted by Crippen LogP contribution is 2.41. The topological polar surface area (TPSA) is 51.2 Å². The van der Waals surface area contributed by atoms with Gasteiger partial charge in [0.1, 0.15) is 5.78 Å². The Hall–Kier alpha value is -1.79. The maximum absolute atomic E-state index is 12.2. The van der Waals surface area contributed by atoms with Crippen LogP contribution >= 0.6 is 0 Å². The van der Waals surface area contributed by atoms with E-state index in [1.54, 1.807) is 7.11 Å². The first-order valence-electron chi connectivity index (χ1n) is 12.0. The Morgan fingerprint density at radius 2 is 1.84 bits per heavy atom. The summed E-state index contributed by atoms with van der Waals surface area (Å²) in [5, 5.41) is 0. The number of fused-ring (bicyclic) bond motifs is 1. The molecule has 0 radical (unpaired) electrons. The minimum Gasteiger partial charge on any atom is -0.454 e. The first kappa shape index (κ1) is 22.4. The molecule has 2 aliphatic heterocycles. The Kier molecular flexibility index (Phi) is 7.72. The predicted molar refractivity (Wildman–Crippen MR) is 122 cm³/mol. The van der Waals surface area contributed by atoms with E-state index in [4.69, 9.17) is 14.2 Å². The lowest BCUT2D eigenvalue weighted by atomic mass is 9.78. The molecule has 0 spiro atoms. The quantitative estimate of drug-likeness (QED) is 0.587. The molecule has 31 heavy (non-hydrogen) atoms. The summed E-state index contributed by atoms with van der Waals surface area (Å²) in [5.41, 5.74) is 1.17. The summed E-state index contributed by atoms with van der Waals surface area (Å²) < 4.78 is 16.4. The molecule has 0 aromatic heterocycles. The third kappa shape index (κ3) is 5.92. The molecule has 1 aromatic carbocycles. The zero-order valence-electron chi connectivity index (χ0n) is 19.2. The number of nitrogens with zero attached hydrogens (tertiary/aromatic N) is 2. The van der Waals surface area contributed by atoms with Crippen molar-refractivity contribution in [3.05, 3.63) is 18.2 Å². The van der Waals surface area contributed by atoms with E-state index in [1.807, 2.05) is 13.0 Å². The number of ether oxygens (including phenoxy) is 3. The van der Waals surface area contributed by atoms with Crippen LogP contribution in [-0.4, -0.2) is 63.4 Å². The van der Waals surface area contributed by atoms with Crippen LogP contribution in [0.2, 0.25) is 0 Å². The summed E-state index contributed by atoms with van der Waals surface area (Å²) in [7, 11) is 1.68. The molecule has 0 bridgehead atoms. The summed E-state index contributed by atoms with van der Waals surface area (Å²) in [6.07, 6.45) is 7.65. The van der Waals surface area contributed by atoms with Crippen LogP contribution in [0.4, 0.5) is 5.69 Å². The molecule has 1 unspecified atom stereocenters. The number of Topliss-reactive ketones (excluding diaryl/α,β-unsaturated/α-hetero) is 1. The van der Waals surface area contributed by atoms with Crippen LogP contribution < -0.4 is 14.4 Å². The van der Waals surface area contributed by atoms with Crippen molar-refractivity contribution in [1.82, 2.24) is 4.90 Å². The average Bonchev–Trinajstić information content (AvgIpc) is 3.28. The van der Waals surface area contributed by atoms with Crippen LogP contribution in [-0.2, 0) is 9.53 Å². The van der Waals surface area contributed by atoms with Crippen molar-refractivity contribution < 1.29 is 19.0 Å². The van der Waals surface area contributed by atoms with Gasteiger partial charge in [-0.1, -0.05) is 18.9 Å². The van der Waals surface area contributed by atoms with Gasteiger partial charge in [-0.3, -0.25) is 9.69 Å². The Bertz CT molecular complexity index is 724. The molecule has 4 rings (SSSR count). The number of para-hydroxylation sites is 1. The molecule has 0 amide bonds. The third-order valence-corrected chi connectivity index (χ3v) is 7.34. The van der Waals surface area contributed by atoms with E-state index in [0.29, 0.717) is 24.9 Å². The predicted octanol–water partition coefficient (Wildman–Crippen LogP) is 4.12. The number of ketones is 1. The maximum atomic E-state index is 12.2. The molecule has 172 valence electrons. The molecule has 1 atom stereocenters. The molecule has 6 nitrogen and oxygen atoms in total. The zero-order chi connectivity index (χ0) is 21.6. The van der Waals surface area contributed by atoms with Gasteiger partial charge < -0.3 is 19.1 Å². The third-order valence-electron chi connectivity index (χ3n) is 7.34. The van der Waals surface area contributed by atoms with Gasteiger partial charge in [-0.15, -0.1) is 0 Å². The summed E-state index contributed by atoms with van der Waals surface area (Å²) in [4.78, 5) is 17.2. The molecule has 1 aromatic rings. The van der Waals surface area contributed by atoms with Crippen LogP contribution in [0.1, 0.15) is 51.9 Å². The molecule has 0 N–H and O–H groups in total. The molecular weight excluding hydrogens is 392 g/mol. The lowest BCUT2D eigenvalue weighted by Crippen LogP contribution is -2.47. The fourth-order valence-corrected chi connectivity index (χ4v) is 5.27. The molecule has 1 saturated heterocycles. The van der Waals surface area contributed by atoms with Gasteiger partial charge in [-0.05, 0) is 56.7 Å². The summed E-state index contributed by atoms with van der Waals surface area (Å²) in [6.45, 7) is 7.78. The first-order chi connectivity index (χ1) is 15.1. The Morgan fingerprint density at radius 3 is 2.58 bits per heavy atom. The number of hydrogen-bond donors (Lipinski definition) is 0. The minimum absolute atomic E-state index is 0.0491. The van der Waals surface area contributed by atoms with Gasteiger partial charge in [0.15, 0.2) is 11.5 Å². The second-order valence-electron chi connectivity index (χ2n) is 9.51. The Balaban J connectivity index is 1.14. The van der Waals surface area contributed by atoms with E-state index in [-0.39, 0.29) is 6.10 Å². The number of hydrogen-bond acceptors (Lipinski definition) is 6. The van der Waals surface area contributed by atoms with Crippen molar-refractivity contribution in [2.75, 3.05) is 51.5 Å². The molecule has 3 aliphatic rings. The highest BCUT2D eigenvalue weighted by Gasteiger charge is 2.26. The van der Waals surface area contributed by atoms with Gasteiger partial charge >= 0.3 is 0 Å². The lowest BCUT2D eigenvalue weighted by molar-refractivity contribution is -0.122. The Labute approximate surface area is 186 Å². The molecule has 2 fully saturated rings. The van der Waals surface area contributed by atoms with Gasteiger partial charge in [0.25, 0.3) is 0 Å². The molecule has 2 heterocycles. The highest BCUT2D eigenvalue weighted by molar-refractivity contribution is 5.79. The summed E-state index contributed by atoms with van der Waals surface area (Å²) >= 11 is 0. The van der Waals surface area contributed by atoms with Crippen LogP contribution in [0, 0.1) is 11.8 Å². The van der Waals surface area contributed by atoms with E-state index in [2.05, 4.69) is 21.9 Å². The largest absolute Gasteiger partial charge is 0.454 e. The van der Waals surface area contributed by atoms with Gasteiger partial charge in [0, 0.05) is 46.1 Å². The second-order valence-corrected chi connectivity index (χ2v) is 9.51. The van der Waals surface area contributed by atoms with E-state index < -0.39 is 0 Å². The number of anilines is 1. The fourth-order valence-electron chi connectivity index (χ4n) is 5.27. The lowest BCUT2D eigenvalue weighted by Gasteiger charge is -2.37. The van der Waals surface area contributed by atoms with E-state index in [1.165, 1.54) is 44.3 Å². The number of benzene rings is 1. The number of methoxy groups -OCH3 is 1. The van der Waals surface area contributed by atoms with Crippen LogP contribution in [0.3, 0.4) is 0 Å². The first-order valence-corrected chi connectivity index (χ1v) is 12.0. The fraction of sp³-hybridized carbons (Fsp3) is 0.720. The van der Waals surface area contributed by atoms with Crippen molar-refractivity contribution >= 4 is 11.5 Å². The van der Waals surface area contributed by atoms with Crippen LogP contribution in [0.25, 0.3) is 0 Å². The molecule has 1 saturated carbocycles. The van der Waals surface area contributed by atoms with Gasteiger partial charge in [0.2, 0.25) is 6.79 Å². The number of carbonyl (C=O) groups is 1. The number of rotatable bonds is 9. The molecular formula is C25H38N2O4. The second kappa shape index (κ2) is 10.7.